The number of allylic oxidation sites excluding steroid dienone is 1. The number of nitrogens with zero attached hydrogens (tertiary/aromatic N) is 2. The van der Waals surface area contributed by atoms with Crippen molar-refractivity contribution in [3.05, 3.63) is 108 Å². The molecule has 3 aromatic carbocycles. The third-order valence-corrected chi connectivity index (χ3v) is 5.84. The van der Waals surface area contributed by atoms with E-state index < -0.39 is 11.7 Å². The van der Waals surface area contributed by atoms with Crippen molar-refractivity contribution in [3.8, 4) is 5.75 Å². The van der Waals surface area contributed by atoms with Gasteiger partial charge in [0.25, 0.3) is 5.91 Å². The molecule has 0 radical (unpaired) electrons. The van der Waals surface area contributed by atoms with Crippen molar-refractivity contribution in [3.63, 3.8) is 0 Å². The first-order valence-corrected chi connectivity index (χ1v) is 12.0. The van der Waals surface area contributed by atoms with Crippen LogP contribution in [0.2, 0.25) is 0 Å². The summed E-state index contributed by atoms with van der Waals surface area (Å²) in [6.07, 6.45) is 4.90. The van der Waals surface area contributed by atoms with E-state index in [0.717, 1.165) is 47.6 Å². The van der Waals surface area contributed by atoms with E-state index in [-0.39, 0.29) is 5.56 Å². The van der Waals surface area contributed by atoms with Gasteiger partial charge in [0.15, 0.2) is 0 Å². The summed E-state index contributed by atoms with van der Waals surface area (Å²) in [4.78, 5) is 17.1. The molecule has 0 atom stereocenters. The zero-order valence-electron chi connectivity index (χ0n) is 19.8. The molecule has 0 aliphatic rings. The number of nitrogens with one attached hydrogen (secondary N) is 1. The fraction of sp³-hybridized carbons (Fsp3) is 0.241. The standard InChI is InChI=1S/C29H30FN3O2/c1-2-11-22-12-3-8-17-27(22)35-21-10-20-33-26-16-7-6-15-25(26)32-28(33)18-9-19-31-29(34)23-13-4-5-14-24(23)30/h2-8,12-17H,1,9-11,18-21H2,(H,31,34). The predicted octanol–water partition coefficient (Wildman–Crippen LogP) is 5.74. The highest BCUT2D eigenvalue weighted by Crippen LogP contribution is 2.20. The Morgan fingerprint density at radius 2 is 1.80 bits per heavy atom. The lowest BCUT2D eigenvalue weighted by Gasteiger charge is -2.12. The maximum absolute atomic E-state index is 13.8. The van der Waals surface area contributed by atoms with Crippen LogP contribution < -0.4 is 10.1 Å². The Labute approximate surface area is 205 Å². The van der Waals surface area contributed by atoms with Gasteiger partial charge >= 0.3 is 0 Å². The molecular weight excluding hydrogens is 441 g/mol. The van der Waals surface area contributed by atoms with Gasteiger partial charge in [0.2, 0.25) is 0 Å². The summed E-state index contributed by atoms with van der Waals surface area (Å²) in [5, 5.41) is 2.81. The smallest absolute Gasteiger partial charge is 0.254 e. The summed E-state index contributed by atoms with van der Waals surface area (Å²) in [7, 11) is 0. The Bertz CT molecular complexity index is 1300. The lowest BCUT2D eigenvalue weighted by Crippen LogP contribution is -2.25. The maximum Gasteiger partial charge on any atom is 0.254 e. The number of carbonyl (C=O) groups excluding carboxylic acids is 1. The number of aryl methyl sites for hydroxylation is 2. The molecule has 1 N–H and O–H groups in total. The number of rotatable bonds is 12. The average Bonchev–Trinajstić information content (AvgIpc) is 3.23. The van der Waals surface area contributed by atoms with E-state index in [1.165, 1.54) is 12.1 Å². The molecule has 180 valence electrons. The number of halogens is 1. The van der Waals surface area contributed by atoms with Gasteiger partial charge in [0.05, 0.1) is 23.2 Å². The van der Waals surface area contributed by atoms with E-state index in [4.69, 9.17) is 9.72 Å². The number of benzene rings is 3. The summed E-state index contributed by atoms with van der Waals surface area (Å²) in [5.41, 5.74) is 3.24. The monoisotopic (exact) mass is 471 g/mol. The van der Waals surface area contributed by atoms with Crippen molar-refractivity contribution in [1.29, 1.82) is 0 Å². The minimum atomic E-state index is -0.513. The molecule has 0 aliphatic heterocycles. The Morgan fingerprint density at radius 3 is 2.66 bits per heavy atom. The highest BCUT2D eigenvalue weighted by molar-refractivity contribution is 5.94. The number of carbonyl (C=O) groups is 1. The van der Waals surface area contributed by atoms with Crippen LogP contribution in [0.1, 0.15) is 34.6 Å². The molecule has 1 heterocycles. The van der Waals surface area contributed by atoms with Crippen LogP contribution in [0.3, 0.4) is 0 Å². The first-order chi connectivity index (χ1) is 17.2. The van der Waals surface area contributed by atoms with Crippen LogP contribution in [0.15, 0.2) is 85.5 Å². The second-order valence-electron chi connectivity index (χ2n) is 8.31. The van der Waals surface area contributed by atoms with Crippen molar-refractivity contribution in [2.24, 2.45) is 0 Å². The fourth-order valence-corrected chi connectivity index (χ4v) is 4.13. The van der Waals surface area contributed by atoms with E-state index in [0.29, 0.717) is 26.0 Å². The number of amides is 1. The summed E-state index contributed by atoms with van der Waals surface area (Å²) >= 11 is 0. The van der Waals surface area contributed by atoms with Gasteiger partial charge in [0, 0.05) is 19.5 Å². The molecule has 1 aromatic heterocycles. The van der Waals surface area contributed by atoms with E-state index in [9.17, 15) is 9.18 Å². The second-order valence-corrected chi connectivity index (χ2v) is 8.31. The topological polar surface area (TPSA) is 56.1 Å². The molecule has 35 heavy (non-hydrogen) atoms. The summed E-state index contributed by atoms with van der Waals surface area (Å²) in [6, 6.07) is 22.1. The highest BCUT2D eigenvalue weighted by atomic mass is 19.1. The maximum atomic E-state index is 13.8. The minimum absolute atomic E-state index is 0.0643. The van der Waals surface area contributed by atoms with Gasteiger partial charge in [0.1, 0.15) is 17.4 Å². The third kappa shape index (κ3) is 6.15. The van der Waals surface area contributed by atoms with Crippen LogP contribution >= 0.6 is 0 Å². The van der Waals surface area contributed by atoms with E-state index in [1.807, 2.05) is 42.5 Å². The molecular formula is C29H30FN3O2. The molecule has 1 amide bonds. The molecule has 0 aliphatic carbocycles. The minimum Gasteiger partial charge on any atom is -0.493 e. The predicted molar refractivity (Wildman–Crippen MR) is 137 cm³/mol. The van der Waals surface area contributed by atoms with E-state index in [2.05, 4.69) is 28.6 Å². The van der Waals surface area contributed by atoms with Crippen LogP contribution in [-0.2, 0) is 19.4 Å². The Hall–Kier alpha value is -3.93. The zero-order chi connectivity index (χ0) is 24.5. The molecule has 4 rings (SSSR count). The molecule has 0 fully saturated rings. The molecule has 4 aromatic rings. The van der Waals surface area contributed by atoms with Crippen molar-refractivity contribution >= 4 is 16.9 Å². The Morgan fingerprint density at radius 1 is 1.03 bits per heavy atom. The highest BCUT2D eigenvalue weighted by Gasteiger charge is 2.12. The number of hydrogen-bond donors (Lipinski definition) is 1. The SMILES string of the molecule is C=CCc1ccccc1OCCCn1c(CCCNC(=O)c2ccccc2F)nc2ccccc21. The number of fused-ring (bicyclic) bond motifs is 1. The quantitative estimate of drug-likeness (QED) is 0.212. The number of ether oxygens (including phenoxy) is 1. The average molecular weight is 472 g/mol. The van der Waals surface area contributed by atoms with Gasteiger partial charge in [-0.15, -0.1) is 6.58 Å². The number of para-hydroxylation sites is 3. The molecule has 0 bridgehead atoms. The van der Waals surface area contributed by atoms with Gasteiger partial charge in [-0.2, -0.15) is 0 Å². The zero-order valence-corrected chi connectivity index (χ0v) is 19.8. The fourth-order valence-electron chi connectivity index (χ4n) is 4.13. The number of imidazole rings is 1. The molecule has 0 unspecified atom stereocenters. The lowest BCUT2D eigenvalue weighted by molar-refractivity contribution is 0.0949. The number of aromatic nitrogens is 2. The van der Waals surface area contributed by atoms with Crippen LogP contribution in [-0.4, -0.2) is 28.6 Å². The lowest BCUT2D eigenvalue weighted by atomic mass is 10.1. The van der Waals surface area contributed by atoms with Gasteiger partial charge in [-0.25, -0.2) is 9.37 Å². The third-order valence-electron chi connectivity index (χ3n) is 5.84. The van der Waals surface area contributed by atoms with Crippen LogP contribution in [0.25, 0.3) is 11.0 Å². The summed E-state index contributed by atoms with van der Waals surface area (Å²) in [5.74, 6) is 0.957. The molecule has 0 spiro atoms. The van der Waals surface area contributed by atoms with Gasteiger partial charge in [-0.05, 0) is 55.2 Å². The molecule has 5 nitrogen and oxygen atoms in total. The van der Waals surface area contributed by atoms with E-state index in [1.54, 1.807) is 12.1 Å². The largest absolute Gasteiger partial charge is 0.493 e. The number of hydrogen-bond acceptors (Lipinski definition) is 3. The Kier molecular flexibility index (Phi) is 8.28. The van der Waals surface area contributed by atoms with Crippen molar-refractivity contribution in [2.45, 2.75) is 32.2 Å². The van der Waals surface area contributed by atoms with Crippen LogP contribution in [0.4, 0.5) is 4.39 Å². The summed E-state index contributed by atoms with van der Waals surface area (Å²) < 4.78 is 22.1. The van der Waals surface area contributed by atoms with E-state index >= 15 is 0 Å². The molecule has 6 heteroatoms. The first-order valence-electron chi connectivity index (χ1n) is 12.0. The van der Waals surface area contributed by atoms with Crippen molar-refractivity contribution in [1.82, 2.24) is 14.9 Å². The normalized spacial score (nSPS) is 10.9. The van der Waals surface area contributed by atoms with Gasteiger partial charge in [-0.1, -0.05) is 48.5 Å². The molecule has 0 saturated heterocycles. The Balaban J connectivity index is 1.34. The van der Waals surface area contributed by atoms with Crippen molar-refractivity contribution in [2.75, 3.05) is 13.2 Å². The van der Waals surface area contributed by atoms with Gasteiger partial charge in [-0.3, -0.25) is 4.79 Å². The molecule has 0 saturated carbocycles. The summed E-state index contributed by atoms with van der Waals surface area (Å²) in [6.45, 7) is 5.64. The second kappa shape index (κ2) is 12.0. The van der Waals surface area contributed by atoms with Gasteiger partial charge < -0.3 is 14.6 Å². The van der Waals surface area contributed by atoms with Crippen LogP contribution in [0, 0.1) is 5.82 Å². The van der Waals surface area contributed by atoms with Crippen molar-refractivity contribution < 1.29 is 13.9 Å². The first kappa shape index (κ1) is 24.2. The van der Waals surface area contributed by atoms with Crippen LogP contribution in [0.5, 0.6) is 5.75 Å².